The lowest BCUT2D eigenvalue weighted by atomic mass is 9.83. The number of nitrogens with zero attached hydrogens (tertiary/aromatic N) is 3. The number of aromatic nitrogens is 4. The van der Waals surface area contributed by atoms with Gasteiger partial charge in [-0.25, -0.2) is 15.0 Å². The van der Waals surface area contributed by atoms with Gasteiger partial charge in [0.2, 0.25) is 5.91 Å². The summed E-state index contributed by atoms with van der Waals surface area (Å²) in [5, 5.41) is 6.52. The van der Waals surface area contributed by atoms with Crippen LogP contribution in [0, 0.1) is 19.8 Å². The Morgan fingerprint density at radius 2 is 2.14 bits per heavy atom. The molecule has 0 bridgehead atoms. The highest BCUT2D eigenvalue weighted by Gasteiger charge is 2.35. The van der Waals surface area contributed by atoms with Crippen LogP contribution in [0.25, 0.3) is 0 Å². The fraction of sp³-hybridized carbons (Fsp3) is 0.600. The van der Waals surface area contributed by atoms with E-state index in [4.69, 9.17) is 4.74 Å². The zero-order valence-electron chi connectivity index (χ0n) is 16.9. The zero-order valence-corrected chi connectivity index (χ0v) is 16.9. The van der Waals surface area contributed by atoms with E-state index in [2.05, 4.69) is 37.5 Å². The van der Waals surface area contributed by atoms with Crippen LogP contribution in [0.15, 0.2) is 18.7 Å². The summed E-state index contributed by atoms with van der Waals surface area (Å²) in [6.07, 6.45) is 8.32. The van der Waals surface area contributed by atoms with Crippen molar-refractivity contribution in [3.05, 3.63) is 35.8 Å². The predicted molar refractivity (Wildman–Crippen MR) is 107 cm³/mol. The Kier molecular flexibility index (Phi) is 6.97. The predicted octanol–water partition coefficient (Wildman–Crippen LogP) is 2.51. The molecule has 0 saturated heterocycles. The van der Waals surface area contributed by atoms with Gasteiger partial charge >= 0.3 is 0 Å². The summed E-state index contributed by atoms with van der Waals surface area (Å²) in [6, 6.07) is 0.133. The van der Waals surface area contributed by atoms with Crippen molar-refractivity contribution in [2.45, 2.75) is 65.1 Å². The van der Waals surface area contributed by atoms with Gasteiger partial charge in [-0.2, -0.15) is 0 Å². The fourth-order valence-corrected chi connectivity index (χ4v) is 3.55. The van der Waals surface area contributed by atoms with Gasteiger partial charge in [-0.1, -0.05) is 6.92 Å². The summed E-state index contributed by atoms with van der Waals surface area (Å²) in [7, 11) is 0. The van der Waals surface area contributed by atoms with E-state index in [1.54, 1.807) is 18.7 Å². The number of nitrogens with one attached hydrogen (secondary N) is 3. The van der Waals surface area contributed by atoms with Crippen LogP contribution in [0.2, 0.25) is 0 Å². The SMILES string of the molecule is CCCO[C@H]1C[C@@H](C(=O)NCc2ncc[nH]2)CC[C@@H]1Nc1ncnc(C)c1C. The molecule has 3 N–H and O–H groups in total. The van der Waals surface area contributed by atoms with Crippen LogP contribution in [0.4, 0.5) is 5.82 Å². The molecule has 3 atom stereocenters. The van der Waals surface area contributed by atoms with Crippen LogP contribution >= 0.6 is 0 Å². The molecule has 1 fully saturated rings. The summed E-state index contributed by atoms with van der Waals surface area (Å²) in [6.45, 7) is 7.20. The molecule has 8 nitrogen and oxygen atoms in total. The lowest BCUT2D eigenvalue weighted by molar-refractivity contribution is -0.128. The van der Waals surface area contributed by atoms with Gasteiger partial charge in [-0.05, 0) is 39.5 Å². The summed E-state index contributed by atoms with van der Waals surface area (Å²) >= 11 is 0. The number of anilines is 1. The van der Waals surface area contributed by atoms with Crippen molar-refractivity contribution < 1.29 is 9.53 Å². The average Bonchev–Trinajstić information content (AvgIpc) is 3.22. The number of hydrogen-bond acceptors (Lipinski definition) is 6. The van der Waals surface area contributed by atoms with Gasteiger partial charge in [0.25, 0.3) is 0 Å². The van der Waals surface area contributed by atoms with Crippen molar-refractivity contribution in [1.82, 2.24) is 25.3 Å². The molecule has 0 aromatic carbocycles. The van der Waals surface area contributed by atoms with Crippen molar-refractivity contribution in [3.8, 4) is 0 Å². The summed E-state index contributed by atoms with van der Waals surface area (Å²) in [5.41, 5.74) is 2.02. The molecule has 0 spiro atoms. The summed E-state index contributed by atoms with van der Waals surface area (Å²) in [5.74, 6) is 1.62. The van der Waals surface area contributed by atoms with E-state index in [1.165, 1.54) is 0 Å². The number of rotatable bonds is 8. The molecule has 2 aromatic rings. The number of imidazole rings is 1. The van der Waals surface area contributed by atoms with Crippen LogP contribution in [0.5, 0.6) is 0 Å². The van der Waals surface area contributed by atoms with E-state index in [0.717, 1.165) is 42.2 Å². The van der Waals surface area contributed by atoms with E-state index >= 15 is 0 Å². The van der Waals surface area contributed by atoms with Gasteiger partial charge < -0.3 is 20.4 Å². The second-order valence-electron chi connectivity index (χ2n) is 7.36. The molecule has 8 heteroatoms. The minimum atomic E-state index is -0.0527. The number of hydrogen-bond donors (Lipinski definition) is 3. The number of carbonyl (C=O) groups excluding carboxylic acids is 1. The molecule has 0 radical (unpaired) electrons. The van der Waals surface area contributed by atoms with Crippen LogP contribution in [-0.2, 0) is 16.1 Å². The van der Waals surface area contributed by atoms with E-state index in [9.17, 15) is 4.79 Å². The van der Waals surface area contributed by atoms with E-state index in [-0.39, 0.29) is 24.0 Å². The van der Waals surface area contributed by atoms with Crippen molar-refractivity contribution in [2.24, 2.45) is 5.92 Å². The number of aromatic amines is 1. The van der Waals surface area contributed by atoms with Gasteiger partial charge in [-0.3, -0.25) is 4.79 Å². The Morgan fingerprint density at radius 1 is 1.29 bits per heavy atom. The first kappa shape index (κ1) is 20.3. The molecule has 0 unspecified atom stereocenters. The Morgan fingerprint density at radius 3 is 2.89 bits per heavy atom. The quantitative estimate of drug-likeness (QED) is 0.644. The second-order valence-corrected chi connectivity index (χ2v) is 7.36. The maximum absolute atomic E-state index is 12.6. The van der Waals surface area contributed by atoms with Gasteiger partial charge in [0, 0.05) is 36.2 Å². The first-order valence-electron chi connectivity index (χ1n) is 10.0. The van der Waals surface area contributed by atoms with E-state index in [0.29, 0.717) is 19.6 Å². The highest BCUT2D eigenvalue weighted by molar-refractivity contribution is 5.78. The standard InChI is InChI=1S/C20H30N6O2/c1-4-9-28-17-10-15(20(27)23-11-18-21-7-8-22-18)5-6-16(17)26-19-13(2)14(3)24-12-25-19/h7-8,12,15-17H,4-6,9-11H2,1-3H3,(H,21,22)(H,23,27)(H,24,25,26)/t15-,16-,17-/m0/s1. The van der Waals surface area contributed by atoms with Crippen molar-refractivity contribution >= 4 is 11.7 Å². The van der Waals surface area contributed by atoms with Crippen molar-refractivity contribution in [2.75, 3.05) is 11.9 Å². The topological polar surface area (TPSA) is 105 Å². The van der Waals surface area contributed by atoms with Gasteiger partial charge in [0.15, 0.2) is 0 Å². The number of H-pyrrole nitrogens is 1. The summed E-state index contributed by atoms with van der Waals surface area (Å²) < 4.78 is 6.11. The van der Waals surface area contributed by atoms with Crippen LogP contribution < -0.4 is 10.6 Å². The first-order valence-corrected chi connectivity index (χ1v) is 10.0. The normalized spacial score (nSPS) is 22.0. The highest BCUT2D eigenvalue weighted by atomic mass is 16.5. The molecule has 0 aliphatic heterocycles. The van der Waals surface area contributed by atoms with Crippen LogP contribution in [-0.4, -0.2) is 44.6 Å². The molecule has 28 heavy (non-hydrogen) atoms. The molecule has 2 heterocycles. The Hall–Kier alpha value is -2.48. The number of ether oxygens (including phenoxy) is 1. The lowest BCUT2D eigenvalue weighted by Crippen LogP contribution is -2.45. The Bertz CT molecular complexity index is 764. The fourth-order valence-electron chi connectivity index (χ4n) is 3.55. The van der Waals surface area contributed by atoms with Gasteiger partial charge in [0.05, 0.1) is 18.7 Å². The molecular weight excluding hydrogens is 356 g/mol. The van der Waals surface area contributed by atoms with Gasteiger partial charge in [0.1, 0.15) is 18.0 Å². The molecule has 1 saturated carbocycles. The van der Waals surface area contributed by atoms with Gasteiger partial charge in [-0.15, -0.1) is 0 Å². The molecule has 1 aliphatic carbocycles. The van der Waals surface area contributed by atoms with Crippen molar-refractivity contribution in [3.63, 3.8) is 0 Å². The Balaban J connectivity index is 1.62. The maximum atomic E-state index is 12.6. The molecule has 152 valence electrons. The number of carbonyl (C=O) groups is 1. The van der Waals surface area contributed by atoms with E-state index in [1.807, 2.05) is 13.8 Å². The number of aryl methyl sites for hydroxylation is 1. The molecule has 1 aliphatic rings. The average molecular weight is 387 g/mol. The maximum Gasteiger partial charge on any atom is 0.223 e. The second kappa shape index (κ2) is 9.64. The monoisotopic (exact) mass is 386 g/mol. The largest absolute Gasteiger partial charge is 0.376 e. The molecule has 2 aromatic heterocycles. The third-order valence-electron chi connectivity index (χ3n) is 5.34. The smallest absolute Gasteiger partial charge is 0.223 e. The van der Waals surface area contributed by atoms with Crippen LogP contribution in [0.3, 0.4) is 0 Å². The highest BCUT2D eigenvalue weighted by Crippen LogP contribution is 2.30. The third kappa shape index (κ3) is 5.07. The minimum Gasteiger partial charge on any atom is -0.376 e. The molecular formula is C20H30N6O2. The van der Waals surface area contributed by atoms with Crippen LogP contribution in [0.1, 0.15) is 49.7 Å². The van der Waals surface area contributed by atoms with E-state index < -0.39 is 0 Å². The lowest BCUT2D eigenvalue weighted by Gasteiger charge is -2.36. The van der Waals surface area contributed by atoms with Crippen molar-refractivity contribution in [1.29, 1.82) is 0 Å². The molecule has 3 rings (SSSR count). The number of amides is 1. The third-order valence-corrected chi connectivity index (χ3v) is 5.34. The molecule has 1 amide bonds. The summed E-state index contributed by atoms with van der Waals surface area (Å²) in [4.78, 5) is 28.4. The first-order chi connectivity index (χ1) is 13.6. The Labute approximate surface area is 165 Å². The minimum absolute atomic E-state index is 0.0252. The zero-order chi connectivity index (χ0) is 19.9.